The summed E-state index contributed by atoms with van der Waals surface area (Å²) in [6, 6.07) is 4.38. The first-order chi connectivity index (χ1) is 15.4. The number of rotatable bonds is 8. The van der Waals surface area contributed by atoms with Crippen LogP contribution in [0.3, 0.4) is 0 Å². The molecule has 1 aromatic carbocycles. The molecule has 0 radical (unpaired) electrons. The molecule has 1 aromatic rings. The number of fused-ring (bicyclic) bond motifs is 3. The minimum atomic E-state index is -0.323. The fraction of sp³-hybridized carbons (Fsp3) is 0.714. The molecule has 1 fully saturated rings. The van der Waals surface area contributed by atoms with Gasteiger partial charge in [0.1, 0.15) is 17.1 Å². The zero-order valence-electron chi connectivity index (χ0n) is 21.7. The van der Waals surface area contributed by atoms with Gasteiger partial charge in [0.25, 0.3) is 0 Å². The highest BCUT2D eigenvalue weighted by Gasteiger charge is 2.48. The van der Waals surface area contributed by atoms with Gasteiger partial charge in [-0.05, 0) is 68.6 Å². The van der Waals surface area contributed by atoms with Crippen molar-refractivity contribution in [3.8, 4) is 11.5 Å². The maximum Gasteiger partial charge on any atom is 0.308 e. The first-order valence-corrected chi connectivity index (χ1v) is 12.8. The van der Waals surface area contributed by atoms with Crippen LogP contribution in [-0.4, -0.2) is 23.5 Å². The van der Waals surface area contributed by atoms with E-state index < -0.39 is 0 Å². The van der Waals surface area contributed by atoms with Crippen molar-refractivity contribution in [2.75, 3.05) is 0 Å². The van der Waals surface area contributed by atoms with Gasteiger partial charge in [0.05, 0.1) is 0 Å². The van der Waals surface area contributed by atoms with Crippen LogP contribution in [0, 0.1) is 5.92 Å². The van der Waals surface area contributed by atoms with Crippen molar-refractivity contribution in [1.82, 2.24) is 5.32 Å². The molecule has 33 heavy (non-hydrogen) atoms. The molecule has 5 heteroatoms. The molecule has 3 atom stereocenters. The van der Waals surface area contributed by atoms with Crippen LogP contribution >= 0.6 is 0 Å². The van der Waals surface area contributed by atoms with Gasteiger partial charge in [0.15, 0.2) is 0 Å². The lowest BCUT2D eigenvalue weighted by atomic mass is 9.65. The molecule has 0 bridgehead atoms. The molecule has 1 saturated carbocycles. The number of nitrogens with one attached hydrogen (secondary N) is 1. The summed E-state index contributed by atoms with van der Waals surface area (Å²) in [5.74, 6) is 1.63. The fourth-order valence-corrected chi connectivity index (χ4v) is 5.92. The van der Waals surface area contributed by atoms with Gasteiger partial charge in [0.2, 0.25) is 5.91 Å². The van der Waals surface area contributed by atoms with Crippen molar-refractivity contribution in [2.24, 2.45) is 5.92 Å². The topological polar surface area (TPSA) is 64.6 Å². The van der Waals surface area contributed by atoms with Gasteiger partial charge in [-0.25, -0.2) is 0 Å². The van der Waals surface area contributed by atoms with Crippen LogP contribution < -0.4 is 14.8 Å². The number of hydrogen-bond donors (Lipinski definition) is 1. The molecule has 1 heterocycles. The summed E-state index contributed by atoms with van der Waals surface area (Å²) in [5.41, 5.74) is 1.77. The Balaban J connectivity index is 2.02. The van der Waals surface area contributed by atoms with Crippen LogP contribution in [0.1, 0.15) is 117 Å². The lowest BCUT2D eigenvalue weighted by Crippen LogP contribution is -2.50. The molecule has 5 nitrogen and oxygen atoms in total. The molecule has 3 rings (SSSR count). The predicted octanol–water partition coefficient (Wildman–Crippen LogP) is 6.42. The maximum absolute atomic E-state index is 12.1. The van der Waals surface area contributed by atoms with Gasteiger partial charge in [-0.3, -0.25) is 9.59 Å². The van der Waals surface area contributed by atoms with E-state index in [-0.39, 0.29) is 34.9 Å². The first-order valence-electron chi connectivity index (χ1n) is 12.8. The van der Waals surface area contributed by atoms with E-state index in [0.29, 0.717) is 11.7 Å². The maximum atomic E-state index is 12.1. The predicted molar refractivity (Wildman–Crippen MR) is 132 cm³/mol. The largest absolute Gasteiger partial charge is 0.487 e. The Kier molecular flexibility index (Phi) is 7.80. The summed E-state index contributed by atoms with van der Waals surface area (Å²) >= 11 is 0. The van der Waals surface area contributed by atoms with E-state index in [9.17, 15) is 9.59 Å². The summed E-state index contributed by atoms with van der Waals surface area (Å²) in [5, 5.41) is 3.11. The van der Waals surface area contributed by atoms with Crippen LogP contribution in [0.15, 0.2) is 12.1 Å². The van der Waals surface area contributed by atoms with Crippen LogP contribution in [-0.2, 0) is 15.0 Å². The molecular formula is C28H43NO4. The monoisotopic (exact) mass is 457 g/mol. The van der Waals surface area contributed by atoms with Crippen LogP contribution in [0.2, 0.25) is 0 Å². The number of hydrogen-bond acceptors (Lipinski definition) is 4. The third kappa shape index (κ3) is 5.91. The van der Waals surface area contributed by atoms with Gasteiger partial charge < -0.3 is 14.8 Å². The highest BCUT2D eigenvalue weighted by Crippen LogP contribution is 2.55. The second-order valence-corrected chi connectivity index (χ2v) is 11.3. The summed E-state index contributed by atoms with van der Waals surface area (Å²) in [6.45, 7) is 14.1. The smallest absolute Gasteiger partial charge is 0.308 e. The van der Waals surface area contributed by atoms with Crippen LogP contribution in [0.4, 0.5) is 0 Å². The van der Waals surface area contributed by atoms with E-state index in [0.717, 1.165) is 42.6 Å². The Bertz CT molecular complexity index is 873. The van der Waals surface area contributed by atoms with Crippen LogP contribution in [0.5, 0.6) is 11.5 Å². The Morgan fingerprint density at radius 1 is 1.15 bits per heavy atom. The van der Waals surface area contributed by atoms with Crippen molar-refractivity contribution in [1.29, 1.82) is 0 Å². The van der Waals surface area contributed by atoms with Crippen LogP contribution in [0.25, 0.3) is 0 Å². The quantitative estimate of drug-likeness (QED) is 0.278. The number of amides is 1. The third-order valence-corrected chi connectivity index (χ3v) is 7.69. The molecule has 1 aliphatic heterocycles. The standard InChI is InChI=1S/C28H43NO4/c1-8-9-10-11-14-27(4,5)20-15-24(32-19(3)31)26-22-17-21(29-18(2)30)12-13-23(22)28(6,7)33-25(26)16-20/h15-16,21-23H,8-14,17H2,1-7H3,(H,29,30)/t21?,22-,23-/m1/s1. The summed E-state index contributed by atoms with van der Waals surface area (Å²) in [4.78, 5) is 23.8. The van der Waals surface area contributed by atoms with Gasteiger partial charge >= 0.3 is 5.97 Å². The number of carbonyl (C=O) groups excluding carboxylic acids is 2. The van der Waals surface area contributed by atoms with E-state index in [1.54, 1.807) is 6.92 Å². The lowest BCUT2D eigenvalue weighted by molar-refractivity contribution is -0.132. The lowest BCUT2D eigenvalue weighted by Gasteiger charge is -2.49. The zero-order chi connectivity index (χ0) is 24.4. The summed E-state index contributed by atoms with van der Waals surface area (Å²) < 4.78 is 12.4. The molecule has 0 saturated heterocycles. The Labute approximate surface area is 200 Å². The molecule has 1 unspecified atom stereocenters. The average Bonchev–Trinajstić information content (AvgIpc) is 2.69. The minimum Gasteiger partial charge on any atom is -0.487 e. The third-order valence-electron chi connectivity index (χ3n) is 7.69. The summed E-state index contributed by atoms with van der Waals surface area (Å²) in [6.07, 6.45) is 8.70. The molecular weight excluding hydrogens is 414 g/mol. The van der Waals surface area contributed by atoms with E-state index >= 15 is 0 Å². The minimum absolute atomic E-state index is 0.00498. The van der Waals surface area contributed by atoms with Crippen molar-refractivity contribution in [3.63, 3.8) is 0 Å². The normalized spacial score (nSPS) is 23.7. The number of carbonyl (C=O) groups is 2. The first kappa shape index (κ1) is 25.6. The van der Waals surface area contributed by atoms with E-state index in [4.69, 9.17) is 9.47 Å². The molecule has 1 aliphatic carbocycles. The molecule has 2 aliphatic rings. The van der Waals surface area contributed by atoms with Gasteiger partial charge in [0, 0.05) is 31.4 Å². The van der Waals surface area contributed by atoms with Crippen molar-refractivity contribution < 1.29 is 19.1 Å². The second-order valence-electron chi connectivity index (χ2n) is 11.3. The number of unbranched alkanes of at least 4 members (excludes halogenated alkanes) is 3. The van der Waals surface area contributed by atoms with E-state index in [1.807, 2.05) is 0 Å². The van der Waals surface area contributed by atoms with Crippen molar-refractivity contribution >= 4 is 11.9 Å². The van der Waals surface area contributed by atoms with Crippen molar-refractivity contribution in [3.05, 3.63) is 23.3 Å². The van der Waals surface area contributed by atoms with Gasteiger partial charge in [-0.15, -0.1) is 0 Å². The van der Waals surface area contributed by atoms with Gasteiger partial charge in [-0.1, -0.05) is 46.5 Å². The number of benzene rings is 1. The fourth-order valence-electron chi connectivity index (χ4n) is 5.92. The van der Waals surface area contributed by atoms with E-state index in [2.05, 4.69) is 52.1 Å². The highest BCUT2D eigenvalue weighted by atomic mass is 16.5. The Hall–Kier alpha value is -2.04. The molecule has 0 aromatic heterocycles. The Morgan fingerprint density at radius 2 is 1.88 bits per heavy atom. The number of esters is 1. The second kappa shape index (κ2) is 10.1. The zero-order valence-corrected chi connectivity index (χ0v) is 21.7. The average molecular weight is 458 g/mol. The Morgan fingerprint density at radius 3 is 2.52 bits per heavy atom. The number of ether oxygens (including phenoxy) is 2. The van der Waals surface area contributed by atoms with Gasteiger partial charge in [-0.2, -0.15) is 0 Å². The molecule has 0 spiro atoms. The summed E-state index contributed by atoms with van der Waals surface area (Å²) in [7, 11) is 0. The van der Waals surface area contributed by atoms with E-state index in [1.165, 1.54) is 32.6 Å². The SMILES string of the molecule is CCCCCCC(C)(C)c1cc(OC(C)=O)c2c(c1)OC(C)(C)[C@@H]1CCC(NC(C)=O)C[C@@H]21. The molecule has 1 amide bonds. The highest BCUT2D eigenvalue weighted by molar-refractivity contribution is 5.73. The van der Waals surface area contributed by atoms with Crippen molar-refractivity contribution in [2.45, 2.75) is 123 Å². The molecule has 1 N–H and O–H groups in total. The molecule has 184 valence electrons.